The summed E-state index contributed by atoms with van der Waals surface area (Å²) in [7, 11) is 1.70. The summed E-state index contributed by atoms with van der Waals surface area (Å²) in [6.07, 6.45) is 0. The van der Waals surface area contributed by atoms with Gasteiger partial charge in [-0.3, -0.25) is 0 Å². The number of H-pyrrole nitrogens is 1. The normalized spacial score (nSPS) is 11.2. The minimum absolute atomic E-state index is 0.389. The van der Waals surface area contributed by atoms with E-state index in [0.717, 1.165) is 5.75 Å². The third-order valence-electron chi connectivity index (χ3n) is 3.61. The van der Waals surface area contributed by atoms with Crippen LogP contribution >= 0.6 is 0 Å². The molecule has 0 aliphatic rings. The van der Waals surface area contributed by atoms with Crippen LogP contribution in [0.25, 0.3) is 31.8 Å². The molecule has 0 saturated carbocycles. The summed E-state index contributed by atoms with van der Waals surface area (Å²) in [5, 5.41) is 2.70. The number of hydrogen-bond acceptors (Lipinski definition) is 1. The summed E-state index contributed by atoms with van der Waals surface area (Å²) in [6, 6.07) is 16.9. The molecule has 0 atom stereocenters. The number of nitrogens with one attached hydrogen (secondary N) is 1. The summed E-state index contributed by atoms with van der Waals surface area (Å²) in [5.74, 6) is 0.906. The Morgan fingerprint density at radius 3 is 2.55 bits per heavy atom. The number of aromatic nitrogens is 1. The third kappa shape index (κ3) is 1.71. The van der Waals surface area contributed by atoms with Gasteiger partial charge in [0.15, 0.2) is 0 Å². The SMILES string of the molecule is COc1ccc(-c2[se]cc3[nH]c4ccccc4c23)cc1. The van der Waals surface area contributed by atoms with Crippen molar-refractivity contribution in [2.24, 2.45) is 0 Å². The van der Waals surface area contributed by atoms with Crippen LogP contribution in [-0.2, 0) is 0 Å². The first-order valence-corrected chi connectivity index (χ1v) is 8.34. The Morgan fingerprint density at radius 2 is 1.75 bits per heavy atom. The van der Waals surface area contributed by atoms with Gasteiger partial charge in [-0.1, -0.05) is 0 Å². The first kappa shape index (κ1) is 11.8. The monoisotopic (exact) mass is 327 g/mol. The number of fused-ring (bicyclic) bond motifs is 3. The first-order chi connectivity index (χ1) is 9.86. The predicted octanol–water partition coefficient (Wildman–Crippen LogP) is 4.05. The van der Waals surface area contributed by atoms with Gasteiger partial charge in [0.05, 0.1) is 0 Å². The molecule has 0 bridgehead atoms. The number of benzene rings is 2. The predicted molar refractivity (Wildman–Crippen MR) is 84.7 cm³/mol. The summed E-state index contributed by atoms with van der Waals surface area (Å²) < 4.78 is 6.69. The molecule has 2 aromatic carbocycles. The zero-order valence-corrected chi connectivity index (χ0v) is 12.7. The van der Waals surface area contributed by atoms with Crippen LogP contribution in [0, 0.1) is 0 Å². The van der Waals surface area contributed by atoms with E-state index in [4.69, 9.17) is 4.74 Å². The number of methoxy groups -OCH3 is 1. The molecule has 0 amide bonds. The molecule has 2 heterocycles. The van der Waals surface area contributed by atoms with Gasteiger partial charge in [-0.05, 0) is 0 Å². The van der Waals surface area contributed by atoms with Crippen molar-refractivity contribution in [3.8, 4) is 15.8 Å². The molecule has 0 saturated heterocycles. The molecule has 0 fully saturated rings. The molecule has 3 heteroatoms. The second-order valence-electron chi connectivity index (χ2n) is 4.75. The molecule has 0 radical (unpaired) electrons. The van der Waals surface area contributed by atoms with Gasteiger partial charge in [-0.25, -0.2) is 0 Å². The van der Waals surface area contributed by atoms with Gasteiger partial charge in [0.25, 0.3) is 0 Å². The van der Waals surface area contributed by atoms with Crippen molar-refractivity contribution in [3.05, 3.63) is 53.5 Å². The average molecular weight is 326 g/mol. The van der Waals surface area contributed by atoms with Crippen molar-refractivity contribution in [2.45, 2.75) is 0 Å². The van der Waals surface area contributed by atoms with E-state index in [1.54, 1.807) is 7.11 Å². The molecule has 98 valence electrons. The minimum atomic E-state index is 0.389. The van der Waals surface area contributed by atoms with E-state index in [1.807, 2.05) is 12.1 Å². The molecular formula is C17H13NOSe. The maximum atomic E-state index is 5.24. The number of para-hydroxylation sites is 1. The van der Waals surface area contributed by atoms with Gasteiger partial charge < -0.3 is 0 Å². The molecule has 0 aliphatic heterocycles. The second kappa shape index (κ2) is 4.55. The van der Waals surface area contributed by atoms with E-state index in [2.05, 4.69) is 46.3 Å². The fraction of sp³-hybridized carbons (Fsp3) is 0.0588. The number of hydrogen-bond donors (Lipinski definition) is 1. The Morgan fingerprint density at radius 1 is 0.950 bits per heavy atom. The van der Waals surface area contributed by atoms with Crippen molar-refractivity contribution >= 4 is 36.3 Å². The van der Waals surface area contributed by atoms with E-state index >= 15 is 0 Å². The van der Waals surface area contributed by atoms with Gasteiger partial charge in [0.1, 0.15) is 0 Å². The van der Waals surface area contributed by atoms with E-state index in [-0.39, 0.29) is 0 Å². The molecular weight excluding hydrogens is 313 g/mol. The molecule has 2 nitrogen and oxygen atoms in total. The van der Waals surface area contributed by atoms with Crippen LogP contribution in [-0.4, -0.2) is 26.6 Å². The molecule has 2 aromatic heterocycles. The van der Waals surface area contributed by atoms with E-state index < -0.39 is 0 Å². The molecule has 0 aliphatic carbocycles. The molecule has 0 spiro atoms. The quantitative estimate of drug-likeness (QED) is 0.552. The fourth-order valence-corrected chi connectivity index (χ4v) is 4.77. The Kier molecular flexibility index (Phi) is 2.69. The van der Waals surface area contributed by atoms with E-state index in [9.17, 15) is 0 Å². The topological polar surface area (TPSA) is 25.0 Å². The summed E-state index contributed by atoms with van der Waals surface area (Å²) >= 11 is 0.389. The second-order valence-corrected chi connectivity index (χ2v) is 6.60. The fourth-order valence-electron chi connectivity index (χ4n) is 2.63. The van der Waals surface area contributed by atoms with Gasteiger partial charge >= 0.3 is 122 Å². The van der Waals surface area contributed by atoms with Gasteiger partial charge in [-0.15, -0.1) is 0 Å². The van der Waals surface area contributed by atoms with Gasteiger partial charge in [0, 0.05) is 0 Å². The van der Waals surface area contributed by atoms with E-state index in [0.29, 0.717) is 14.5 Å². The number of rotatable bonds is 2. The summed E-state index contributed by atoms with van der Waals surface area (Å²) in [6.45, 7) is 0. The van der Waals surface area contributed by atoms with Crippen LogP contribution in [0.5, 0.6) is 5.75 Å². The zero-order valence-electron chi connectivity index (χ0n) is 11.0. The Balaban J connectivity index is 1.98. The standard InChI is InChI=1S/C17H13NOSe/c1-19-12-8-6-11(7-9-12)17-16-13-4-2-3-5-14(13)18-15(16)10-20-17/h2-10,18H,1H3. The van der Waals surface area contributed by atoms with Crippen molar-refractivity contribution in [1.82, 2.24) is 4.98 Å². The van der Waals surface area contributed by atoms with Crippen LogP contribution in [0.2, 0.25) is 0 Å². The Bertz CT molecular complexity index is 886. The van der Waals surface area contributed by atoms with Gasteiger partial charge in [-0.2, -0.15) is 0 Å². The summed E-state index contributed by atoms with van der Waals surface area (Å²) in [5.41, 5.74) is 3.79. The Labute approximate surface area is 122 Å². The Hall–Kier alpha value is -1.96. The van der Waals surface area contributed by atoms with Crippen LogP contribution in [0.15, 0.2) is 53.5 Å². The van der Waals surface area contributed by atoms with Gasteiger partial charge in [0.2, 0.25) is 0 Å². The molecule has 4 rings (SSSR count). The maximum absolute atomic E-state index is 5.24. The number of aromatic amines is 1. The zero-order chi connectivity index (χ0) is 13.5. The molecule has 20 heavy (non-hydrogen) atoms. The van der Waals surface area contributed by atoms with Crippen molar-refractivity contribution in [2.75, 3.05) is 7.11 Å². The van der Waals surface area contributed by atoms with Crippen LogP contribution < -0.4 is 4.74 Å². The van der Waals surface area contributed by atoms with Crippen LogP contribution in [0.4, 0.5) is 0 Å². The van der Waals surface area contributed by atoms with Crippen molar-refractivity contribution in [1.29, 1.82) is 0 Å². The third-order valence-corrected chi connectivity index (χ3v) is 5.77. The van der Waals surface area contributed by atoms with Crippen LogP contribution in [0.1, 0.15) is 0 Å². The van der Waals surface area contributed by atoms with Crippen molar-refractivity contribution in [3.63, 3.8) is 0 Å². The molecule has 0 unspecified atom stereocenters. The number of ether oxygens (including phenoxy) is 1. The average Bonchev–Trinajstić information content (AvgIpc) is 3.06. The summed E-state index contributed by atoms with van der Waals surface area (Å²) in [4.78, 5) is 5.85. The van der Waals surface area contributed by atoms with E-state index in [1.165, 1.54) is 31.8 Å². The molecule has 1 N–H and O–H groups in total. The first-order valence-electron chi connectivity index (χ1n) is 6.49. The molecule has 4 aromatic rings. The van der Waals surface area contributed by atoms with Crippen LogP contribution in [0.3, 0.4) is 0 Å². The van der Waals surface area contributed by atoms with Crippen molar-refractivity contribution < 1.29 is 4.74 Å².